The summed E-state index contributed by atoms with van der Waals surface area (Å²) in [6, 6.07) is 20.0. The number of hydrogen-bond donors (Lipinski definition) is 0. The van der Waals surface area contributed by atoms with Crippen molar-refractivity contribution in [1.29, 1.82) is 0 Å². The number of imidazole rings is 1. The van der Waals surface area contributed by atoms with E-state index in [4.69, 9.17) is 26.1 Å². The largest absolute Gasteiger partial charge is 0.474 e. The lowest BCUT2D eigenvalue weighted by atomic mass is 10.1. The molecule has 5 aromatic rings. The molecule has 0 saturated carbocycles. The molecule has 0 bridgehead atoms. The predicted octanol–water partition coefficient (Wildman–Crippen LogP) is 5.67. The van der Waals surface area contributed by atoms with Crippen molar-refractivity contribution in [2.75, 3.05) is 19.7 Å². The quantitative estimate of drug-likeness (QED) is 0.215. The third kappa shape index (κ3) is 6.54. The highest BCUT2D eigenvalue weighted by Gasteiger charge is 2.26. The molecule has 5 heterocycles. The van der Waals surface area contributed by atoms with E-state index >= 15 is 0 Å². The van der Waals surface area contributed by atoms with Crippen LogP contribution < -0.4 is 4.74 Å². The number of hydrogen-bond acceptors (Lipinski definition) is 8. The SMILES string of the molecule is Cc1ccc(-c2ccc3c(c2)nc(CN2CCC(Oc4ccnc(Cc5ccc(Cl)cc5)n4)CC2)n3C[C@@H]2CCO2)nn1. The molecule has 7 rings (SSSR count). The Balaban J connectivity index is 1.01. The Labute approximate surface area is 255 Å². The van der Waals surface area contributed by atoms with Crippen molar-refractivity contribution in [1.82, 2.24) is 34.6 Å². The molecule has 0 spiro atoms. The van der Waals surface area contributed by atoms with E-state index in [1.807, 2.05) is 49.4 Å². The third-order valence-corrected chi connectivity index (χ3v) is 8.49. The number of ether oxygens (including phenoxy) is 2. The van der Waals surface area contributed by atoms with Crippen molar-refractivity contribution in [2.24, 2.45) is 0 Å². The number of aryl methyl sites for hydroxylation is 1. The van der Waals surface area contributed by atoms with Crippen LogP contribution in [-0.2, 0) is 24.2 Å². The second kappa shape index (κ2) is 12.4. The number of piperidine rings is 1. The maximum atomic E-state index is 6.31. The monoisotopic (exact) mass is 595 g/mol. The Hall–Kier alpha value is -3.92. The van der Waals surface area contributed by atoms with Crippen molar-refractivity contribution in [3.05, 3.63) is 94.8 Å². The molecule has 2 fully saturated rings. The second-order valence-corrected chi connectivity index (χ2v) is 11.8. The van der Waals surface area contributed by atoms with Crippen LogP contribution in [0.2, 0.25) is 5.02 Å². The Morgan fingerprint density at radius 2 is 1.79 bits per heavy atom. The lowest BCUT2D eigenvalue weighted by Crippen LogP contribution is -2.39. The summed E-state index contributed by atoms with van der Waals surface area (Å²) in [6.45, 7) is 6.25. The molecule has 0 amide bonds. The summed E-state index contributed by atoms with van der Waals surface area (Å²) in [6.07, 6.45) is 5.72. The zero-order valence-electron chi connectivity index (χ0n) is 24.2. The van der Waals surface area contributed by atoms with E-state index in [1.54, 1.807) is 6.20 Å². The number of likely N-dealkylation sites (tertiary alicyclic amines) is 1. The van der Waals surface area contributed by atoms with Crippen LogP contribution in [0, 0.1) is 6.92 Å². The van der Waals surface area contributed by atoms with Gasteiger partial charge in [-0.3, -0.25) is 4.90 Å². The number of nitrogens with zero attached hydrogens (tertiary/aromatic N) is 7. The van der Waals surface area contributed by atoms with Crippen molar-refractivity contribution in [2.45, 2.75) is 57.9 Å². The second-order valence-electron chi connectivity index (χ2n) is 11.4. The molecule has 0 unspecified atom stereocenters. The van der Waals surface area contributed by atoms with E-state index in [2.05, 4.69) is 47.8 Å². The summed E-state index contributed by atoms with van der Waals surface area (Å²) in [4.78, 5) is 16.7. The number of aromatic nitrogens is 6. The normalized spacial score (nSPS) is 17.7. The van der Waals surface area contributed by atoms with Gasteiger partial charge in [-0.25, -0.2) is 9.97 Å². The minimum atomic E-state index is 0.120. The molecule has 3 aromatic heterocycles. The zero-order valence-corrected chi connectivity index (χ0v) is 25.0. The van der Waals surface area contributed by atoms with Gasteiger partial charge in [0.15, 0.2) is 0 Å². The van der Waals surface area contributed by atoms with Gasteiger partial charge < -0.3 is 14.0 Å². The maximum absolute atomic E-state index is 6.31. The number of benzene rings is 2. The highest BCUT2D eigenvalue weighted by Crippen LogP contribution is 2.27. The van der Waals surface area contributed by atoms with Crippen LogP contribution in [-0.4, -0.2) is 66.5 Å². The maximum Gasteiger partial charge on any atom is 0.216 e. The van der Waals surface area contributed by atoms with Gasteiger partial charge in [0, 0.05) is 49.0 Å². The molecule has 0 aliphatic carbocycles. The van der Waals surface area contributed by atoms with Gasteiger partial charge in [0.2, 0.25) is 5.88 Å². The van der Waals surface area contributed by atoms with Crippen LogP contribution in [0.25, 0.3) is 22.3 Å². The van der Waals surface area contributed by atoms with Crippen LogP contribution in [0.5, 0.6) is 5.88 Å². The van der Waals surface area contributed by atoms with Gasteiger partial charge in [-0.05, 0) is 68.1 Å². The lowest BCUT2D eigenvalue weighted by molar-refractivity contribution is -0.0592. The third-order valence-electron chi connectivity index (χ3n) is 8.24. The Morgan fingerprint density at radius 1 is 0.953 bits per heavy atom. The highest BCUT2D eigenvalue weighted by atomic mass is 35.5. The molecule has 10 heteroatoms. The van der Waals surface area contributed by atoms with Crippen LogP contribution in [0.3, 0.4) is 0 Å². The average Bonchev–Trinajstić information content (AvgIpc) is 3.33. The van der Waals surface area contributed by atoms with Gasteiger partial charge in [0.1, 0.15) is 17.8 Å². The summed E-state index contributed by atoms with van der Waals surface area (Å²) in [5, 5.41) is 9.33. The molecule has 2 aromatic carbocycles. The summed E-state index contributed by atoms with van der Waals surface area (Å²) < 4.78 is 14.5. The average molecular weight is 596 g/mol. The van der Waals surface area contributed by atoms with Crippen LogP contribution in [0.4, 0.5) is 0 Å². The number of fused-ring (bicyclic) bond motifs is 1. The van der Waals surface area contributed by atoms with Gasteiger partial charge in [-0.1, -0.05) is 29.8 Å². The standard InChI is InChI=1S/C33H34ClN7O2/c1-22-2-8-28(39-38-22)24-5-9-30-29(19-24)36-32(41(30)20-27-13-17-42-27)21-40-15-11-26(12-16-40)43-33-10-14-35-31(37-33)18-23-3-6-25(34)7-4-23/h2-10,14,19,26-27H,11-13,15-18,20-21H2,1H3/t27-/m0/s1. The van der Waals surface area contributed by atoms with Crippen molar-refractivity contribution in [3.8, 4) is 17.1 Å². The topological polar surface area (TPSA) is 91.1 Å². The predicted molar refractivity (Wildman–Crippen MR) is 165 cm³/mol. The van der Waals surface area contributed by atoms with Crippen molar-refractivity contribution < 1.29 is 9.47 Å². The lowest BCUT2D eigenvalue weighted by Gasteiger charge is -2.32. The molecule has 43 heavy (non-hydrogen) atoms. The first-order valence-corrected chi connectivity index (χ1v) is 15.3. The van der Waals surface area contributed by atoms with E-state index in [9.17, 15) is 0 Å². The fourth-order valence-electron chi connectivity index (χ4n) is 5.72. The zero-order chi connectivity index (χ0) is 29.2. The van der Waals surface area contributed by atoms with E-state index in [0.29, 0.717) is 12.3 Å². The fraction of sp³-hybridized carbons (Fsp3) is 0.364. The highest BCUT2D eigenvalue weighted by molar-refractivity contribution is 6.30. The summed E-state index contributed by atoms with van der Waals surface area (Å²) >= 11 is 6.02. The summed E-state index contributed by atoms with van der Waals surface area (Å²) in [5.41, 5.74) is 6.01. The number of rotatable bonds is 9. The first kappa shape index (κ1) is 27.9. The molecule has 2 aliphatic rings. The molecule has 2 saturated heterocycles. The minimum absolute atomic E-state index is 0.120. The van der Waals surface area contributed by atoms with E-state index in [-0.39, 0.29) is 12.2 Å². The summed E-state index contributed by atoms with van der Waals surface area (Å²) in [7, 11) is 0. The smallest absolute Gasteiger partial charge is 0.216 e. The van der Waals surface area contributed by atoms with Crippen molar-refractivity contribution in [3.63, 3.8) is 0 Å². The van der Waals surface area contributed by atoms with Gasteiger partial charge >= 0.3 is 0 Å². The van der Waals surface area contributed by atoms with Crippen LogP contribution in [0.15, 0.2) is 66.9 Å². The molecule has 1 atom stereocenters. The fourth-order valence-corrected chi connectivity index (χ4v) is 5.85. The summed E-state index contributed by atoms with van der Waals surface area (Å²) in [5.74, 6) is 2.44. The first-order valence-electron chi connectivity index (χ1n) is 14.9. The Bertz CT molecular complexity index is 1700. The van der Waals surface area contributed by atoms with Gasteiger partial charge in [-0.2, -0.15) is 15.2 Å². The minimum Gasteiger partial charge on any atom is -0.474 e. The van der Waals surface area contributed by atoms with E-state index in [0.717, 1.165) is 102 Å². The molecular formula is C33H34ClN7O2. The van der Waals surface area contributed by atoms with Gasteiger partial charge in [0.25, 0.3) is 0 Å². The molecule has 0 N–H and O–H groups in total. The first-order chi connectivity index (χ1) is 21.1. The molecular weight excluding hydrogens is 562 g/mol. The molecule has 0 radical (unpaired) electrons. The van der Waals surface area contributed by atoms with Gasteiger partial charge in [-0.15, -0.1) is 0 Å². The molecule has 220 valence electrons. The van der Waals surface area contributed by atoms with E-state index in [1.165, 1.54) is 0 Å². The van der Waals surface area contributed by atoms with Gasteiger partial charge in [0.05, 0.1) is 41.6 Å². The Kier molecular flexibility index (Phi) is 8.02. The van der Waals surface area contributed by atoms with E-state index < -0.39 is 0 Å². The molecule has 2 aliphatic heterocycles. The molecule has 9 nitrogen and oxygen atoms in total. The van der Waals surface area contributed by atoms with Crippen molar-refractivity contribution >= 4 is 22.6 Å². The number of halogens is 1. The van der Waals surface area contributed by atoms with Crippen LogP contribution in [0.1, 0.15) is 42.2 Å². The Morgan fingerprint density at radius 3 is 2.53 bits per heavy atom. The van der Waals surface area contributed by atoms with Crippen LogP contribution >= 0.6 is 11.6 Å².